The van der Waals surface area contributed by atoms with Crippen molar-refractivity contribution in [3.05, 3.63) is 53.3 Å². The van der Waals surface area contributed by atoms with Crippen molar-refractivity contribution < 1.29 is 22.6 Å². The quantitative estimate of drug-likeness (QED) is 0.754. The fraction of sp³-hybridized carbons (Fsp3) is 0.200. The van der Waals surface area contributed by atoms with E-state index in [1.54, 1.807) is 18.2 Å². The molecule has 0 aliphatic heterocycles. The molecule has 3 nitrogen and oxygen atoms in total. The van der Waals surface area contributed by atoms with Crippen molar-refractivity contribution in [2.45, 2.75) is 6.61 Å². The summed E-state index contributed by atoms with van der Waals surface area (Å²) >= 11 is 5.82. The molecule has 0 aliphatic carbocycles. The predicted octanol–water partition coefficient (Wildman–Crippen LogP) is 4.57. The highest BCUT2D eigenvalue weighted by atomic mass is 35.5. The van der Waals surface area contributed by atoms with Gasteiger partial charge in [0.2, 0.25) is 0 Å². The van der Waals surface area contributed by atoms with Crippen LogP contribution in [0.3, 0.4) is 0 Å². The minimum Gasteiger partial charge on any atom is -0.489 e. The maximum atomic E-state index is 13.3. The fourth-order valence-corrected chi connectivity index (χ4v) is 1.95. The molecule has 0 bridgehead atoms. The molecule has 0 amide bonds. The average molecular weight is 332 g/mol. The van der Waals surface area contributed by atoms with Gasteiger partial charge in [-0.25, -0.2) is 4.39 Å². The molecule has 0 fully saturated rings. The van der Waals surface area contributed by atoms with E-state index >= 15 is 0 Å². The van der Waals surface area contributed by atoms with Crippen LogP contribution in [0.2, 0.25) is 5.02 Å². The molecule has 118 valence electrons. The van der Waals surface area contributed by atoms with E-state index in [0.29, 0.717) is 12.2 Å². The van der Waals surface area contributed by atoms with Gasteiger partial charge in [0.1, 0.15) is 12.4 Å². The first-order valence-corrected chi connectivity index (χ1v) is 6.79. The third-order valence-electron chi connectivity index (χ3n) is 2.67. The predicted molar refractivity (Wildman–Crippen MR) is 78.5 cm³/mol. The summed E-state index contributed by atoms with van der Waals surface area (Å²) in [5, 5.41) is 3.05. The summed E-state index contributed by atoms with van der Waals surface area (Å²) in [6.07, 6.45) is 0. The Kier molecular flexibility index (Phi) is 5.77. The first kappa shape index (κ1) is 16.3. The molecule has 0 aromatic heterocycles. The standard InChI is InChI=1S/C15H13ClF3NO2/c16-11-9-10(5-6-13(11)22-15(18)19)20-7-8-21-14-4-2-1-3-12(14)17/h1-6,9,15,20H,7-8H2. The molecule has 2 aromatic rings. The summed E-state index contributed by atoms with van der Waals surface area (Å²) < 4.78 is 47.0. The van der Waals surface area contributed by atoms with Crippen LogP contribution in [0, 0.1) is 5.82 Å². The number of anilines is 1. The second-order valence-corrected chi connectivity index (χ2v) is 4.64. The molecule has 0 heterocycles. The van der Waals surface area contributed by atoms with E-state index < -0.39 is 12.4 Å². The second kappa shape index (κ2) is 7.79. The SMILES string of the molecule is Fc1ccccc1OCCNc1ccc(OC(F)F)c(Cl)c1. The molecule has 0 unspecified atom stereocenters. The van der Waals surface area contributed by atoms with Gasteiger partial charge in [-0.1, -0.05) is 23.7 Å². The van der Waals surface area contributed by atoms with Crippen LogP contribution in [0.1, 0.15) is 0 Å². The van der Waals surface area contributed by atoms with Crippen molar-refractivity contribution in [3.8, 4) is 11.5 Å². The van der Waals surface area contributed by atoms with Crippen LogP contribution in [0.25, 0.3) is 0 Å². The van der Waals surface area contributed by atoms with Crippen molar-refractivity contribution in [1.82, 2.24) is 0 Å². The normalized spacial score (nSPS) is 10.6. The van der Waals surface area contributed by atoms with E-state index in [2.05, 4.69) is 10.1 Å². The molecule has 0 spiro atoms. The molecule has 2 aromatic carbocycles. The van der Waals surface area contributed by atoms with Gasteiger partial charge in [0.25, 0.3) is 0 Å². The van der Waals surface area contributed by atoms with Gasteiger partial charge in [0.15, 0.2) is 11.6 Å². The highest BCUT2D eigenvalue weighted by Crippen LogP contribution is 2.28. The van der Waals surface area contributed by atoms with Gasteiger partial charge in [-0.15, -0.1) is 0 Å². The molecule has 2 rings (SSSR count). The Hall–Kier alpha value is -2.08. The van der Waals surface area contributed by atoms with Crippen LogP contribution < -0.4 is 14.8 Å². The summed E-state index contributed by atoms with van der Waals surface area (Å²) in [4.78, 5) is 0. The van der Waals surface area contributed by atoms with Crippen LogP contribution in [-0.2, 0) is 0 Å². The van der Waals surface area contributed by atoms with E-state index in [1.165, 1.54) is 24.3 Å². The number of benzene rings is 2. The largest absolute Gasteiger partial charge is 0.489 e. The van der Waals surface area contributed by atoms with Crippen LogP contribution in [0.15, 0.2) is 42.5 Å². The summed E-state index contributed by atoms with van der Waals surface area (Å²) in [5.74, 6) is -0.355. The lowest BCUT2D eigenvalue weighted by molar-refractivity contribution is -0.0497. The van der Waals surface area contributed by atoms with E-state index in [9.17, 15) is 13.2 Å². The third-order valence-corrected chi connectivity index (χ3v) is 2.97. The number of alkyl halides is 2. The molecule has 0 atom stereocenters. The van der Waals surface area contributed by atoms with E-state index in [-0.39, 0.29) is 23.1 Å². The Balaban J connectivity index is 1.82. The highest BCUT2D eigenvalue weighted by molar-refractivity contribution is 6.32. The summed E-state index contributed by atoms with van der Waals surface area (Å²) in [6, 6.07) is 10.4. The number of rotatable bonds is 7. The number of para-hydroxylation sites is 1. The molecular weight excluding hydrogens is 319 g/mol. The Labute approximate surface area is 130 Å². The molecule has 0 saturated carbocycles. The zero-order chi connectivity index (χ0) is 15.9. The number of halogens is 4. The monoisotopic (exact) mass is 331 g/mol. The minimum atomic E-state index is -2.93. The Morgan fingerprint density at radius 3 is 2.55 bits per heavy atom. The number of nitrogens with one attached hydrogen (secondary N) is 1. The van der Waals surface area contributed by atoms with E-state index in [1.807, 2.05) is 0 Å². The van der Waals surface area contributed by atoms with Crippen molar-refractivity contribution in [3.63, 3.8) is 0 Å². The number of ether oxygens (including phenoxy) is 2. The third kappa shape index (κ3) is 4.73. The van der Waals surface area contributed by atoms with Gasteiger partial charge >= 0.3 is 6.61 Å². The van der Waals surface area contributed by atoms with Gasteiger partial charge in [-0.05, 0) is 30.3 Å². The van der Waals surface area contributed by atoms with Crippen LogP contribution in [0.5, 0.6) is 11.5 Å². The minimum absolute atomic E-state index is 0.0697. The number of hydrogen-bond donors (Lipinski definition) is 1. The van der Waals surface area contributed by atoms with Crippen molar-refractivity contribution in [1.29, 1.82) is 0 Å². The Bertz CT molecular complexity index is 625. The van der Waals surface area contributed by atoms with Crippen molar-refractivity contribution in [2.24, 2.45) is 0 Å². The topological polar surface area (TPSA) is 30.5 Å². The van der Waals surface area contributed by atoms with Gasteiger partial charge in [-0.2, -0.15) is 8.78 Å². The lowest BCUT2D eigenvalue weighted by Gasteiger charge is -2.11. The van der Waals surface area contributed by atoms with Crippen molar-refractivity contribution in [2.75, 3.05) is 18.5 Å². The molecule has 0 aliphatic rings. The number of hydrogen-bond acceptors (Lipinski definition) is 3. The second-order valence-electron chi connectivity index (χ2n) is 4.23. The molecule has 1 N–H and O–H groups in total. The lowest BCUT2D eigenvalue weighted by Crippen LogP contribution is -2.12. The Morgan fingerprint density at radius 2 is 1.86 bits per heavy atom. The first-order chi connectivity index (χ1) is 10.6. The maximum absolute atomic E-state index is 13.3. The zero-order valence-corrected chi connectivity index (χ0v) is 12.1. The summed E-state index contributed by atoms with van der Waals surface area (Å²) in [7, 11) is 0. The highest BCUT2D eigenvalue weighted by Gasteiger charge is 2.09. The average Bonchev–Trinajstić information content (AvgIpc) is 2.47. The molecule has 0 saturated heterocycles. The van der Waals surface area contributed by atoms with E-state index in [4.69, 9.17) is 16.3 Å². The molecule has 22 heavy (non-hydrogen) atoms. The first-order valence-electron chi connectivity index (χ1n) is 6.42. The van der Waals surface area contributed by atoms with Gasteiger partial charge in [-0.3, -0.25) is 0 Å². The molecule has 7 heteroatoms. The van der Waals surface area contributed by atoms with Gasteiger partial charge in [0, 0.05) is 12.2 Å². The summed E-state index contributed by atoms with van der Waals surface area (Å²) in [6.45, 7) is -2.31. The van der Waals surface area contributed by atoms with Crippen LogP contribution in [0.4, 0.5) is 18.9 Å². The Morgan fingerprint density at radius 1 is 1.09 bits per heavy atom. The van der Waals surface area contributed by atoms with Crippen LogP contribution >= 0.6 is 11.6 Å². The van der Waals surface area contributed by atoms with Gasteiger partial charge in [0.05, 0.1) is 5.02 Å². The van der Waals surface area contributed by atoms with Gasteiger partial charge < -0.3 is 14.8 Å². The maximum Gasteiger partial charge on any atom is 0.387 e. The van der Waals surface area contributed by atoms with Crippen molar-refractivity contribution >= 4 is 17.3 Å². The molecular formula is C15H13ClF3NO2. The zero-order valence-electron chi connectivity index (χ0n) is 11.4. The van der Waals surface area contributed by atoms with Crippen LogP contribution in [-0.4, -0.2) is 19.8 Å². The summed E-state index contributed by atoms with van der Waals surface area (Å²) in [5.41, 5.74) is 0.615. The lowest BCUT2D eigenvalue weighted by atomic mass is 10.3. The smallest absolute Gasteiger partial charge is 0.387 e. The molecule has 0 radical (unpaired) electrons. The fourth-order valence-electron chi connectivity index (χ4n) is 1.72. The van der Waals surface area contributed by atoms with E-state index in [0.717, 1.165) is 0 Å².